The molecule has 2 heterocycles. The lowest BCUT2D eigenvalue weighted by Gasteiger charge is -2.10. The van der Waals surface area contributed by atoms with Crippen molar-refractivity contribution in [2.24, 2.45) is 5.73 Å². The van der Waals surface area contributed by atoms with Crippen molar-refractivity contribution in [3.05, 3.63) is 52.5 Å². The molecule has 2 aromatic heterocycles. The lowest BCUT2D eigenvalue weighted by molar-refractivity contribution is 0.990. The Labute approximate surface area is 132 Å². The van der Waals surface area contributed by atoms with Gasteiger partial charge in [-0.15, -0.1) is 11.3 Å². The highest BCUT2D eigenvalue weighted by atomic mass is 32.1. The number of nitrogens with zero attached hydrogens (tertiary/aromatic N) is 2. The van der Waals surface area contributed by atoms with Gasteiger partial charge in [-0.25, -0.2) is 9.97 Å². The second-order valence-electron chi connectivity index (χ2n) is 4.54. The number of para-hydroxylation sites is 1. The fraction of sp³-hybridized carbons (Fsp3) is 0.133. The van der Waals surface area contributed by atoms with E-state index in [0.29, 0.717) is 4.99 Å². The molecule has 1 aromatic carbocycles. The van der Waals surface area contributed by atoms with Gasteiger partial charge in [0.25, 0.3) is 0 Å². The van der Waals surface area contributed by atoms with E-state index in [0.717, 1.165) is 40.3 Å². The summed E-state index contributed by atoms with van der Waals surface area (Å²) in [5, 5.41) is 7.38. The maximum Gasteiger partial charge on any atom is 0.127 e. The van der Waals surface area contributed by atoms with Crippen LogP contribution in [0.2, 0.25) is 0 Å². The molecule has 0 atom stereocenters. The van der Waals surface area contributed by atoms with Crippen LogP contribution in [0.4, 0.5) is 5.82 Å². The number of thiazole rings is 1. The fourth-order valence-corrected chi connectivity index (χ4v) is 2.93. The average molecular weight is 314 g/mol. The Bertz CT molecular complexity index is 768. The van der Waals surface area contributed by atoms with Gasteiger partial charge in [0, 0.05) is 35.5 Å². The number of thiocarbonyl (C=S) groups is 1. The Hall–Kier alpha value is -2.05. The Kier molecular flexibility index (Phi) is 4.08. The predicted octanol–water partition coefficient (Wildman–Crippen LogP) is 2.98. The second kappa shape index (κ2) is 6.15. The summed E-state index contributed by atoms with van der Waals surface area (Å²) in [5.41, 5.74) is 7.56. The largest absolute Gasteiger partial charge is 0.389 e. The molecule has 0 unspecified atom stereocenters. The van der Waals surface area contributed by atoms with Crippen molar-refractivity contribution in [2.45, 2.75) is 6.42 Å². The van der Waals surface area contributed by atoms with Gasteiger partial charge in [-0.1, -0.05) is 30.4 Å². The number of fused-ring (bicyclic) bond motifs is 1. The minimum atomic E-state index is 0.386. The molecule has 0 aliphatic heterocycles. The van der Waals surface area contributed by atoms with E-state index in [1.807, 2.05) is 41.9 Å². The Morgan fingerprint density at radius 2 is 2.19 bits per heavy atom. The Morgan fingerprint density at radius 3 is 2.95 bits per heavy atom. The highest BCUT2D eigenvalue weighted by molar-refractivity contribution is 7.80. The topological polar surface area (TPSA) is 63.8 Å². The van der Waals surface area contributed by atoms with Crippen molar-refractivity contribution in [1.82, 2.24) is 9.97 Å². The van der Waals surface area contributed by atoms with Crippen molar-refractivity contribution in [2.75, 3.05) is 11.9 Å². The van der Waals surface area contributed by atoms with Crippen molar-refractivity contribution in [1.29, 1.82) is 0 Å². The number of anilines is 1. The third kappa shape index (κ3) is 3.17. The van der Waals surface area contributed by atoms with Crippen molar-refractivity contribution in [3.63, 3.8) is 0 Å². The fourth-order valence-electron chi connectivity index (χ4n) is 2.14. The van der Waals surface area contributed by atoms with Gasteiger partial charge in [-0.3, -0.25) is 0 Å². The van der Waals surface area contributed by atoms with E-state index < -0.39 is 0 Å². The molecule has 0 bridgehead atoms. The molecule has 0 amide bonds. The molecule has 3 aromatic rings. The monoisotopic (exact) mass is 314 g/mol. The third-order valence-corrected chi connectivity index (χ3v) is 4.17. The lowest BCUT2D eigenvalue weighted by atomic mass is 10.1. The summed E-state index contributed by atoms with van der Waals surface area (Å²) in [4.78, 5) is 9.24. The number of rotatable bonds is 5. The van der Waals surface area contributed by atoms with Crippen molar-refractivity contribution in [3.8, 4) is 0 Å². The summed E-state index contributed by atoms with van der Waals surface area (Å²) < 4.78 is 0. The van der Waals surface area contributed by atoms with E-state index in [9.17, 15) is 0 Å². The quantitative estimate of drug-likeness (QED) is 0.709. The molecular weight excluding hydrogens is 300 g/mol. The van der Waals surface area contributed by atoms with E-state index in [4.69, 9.17) is 18.0 Å². The number of nitrogens with one attached hydrogen (secondary N) is 1. The zero-order valence-electron chi connectivity index (χ0n) is 11.2. The summed E-state index contributed by atoms with van der Waals surface area (Å²) in [6.45, 7) is 0.773. The van der Waals surface area contributed by atoms with Crippen LogP contribution < -0.4 is 11.1 Å². The van der Waals surface area contributed by atoms with Crippen LogP contribution in [0.5, 0.6) is 0 Å². The van der Waals surface area contributed by atoms with Gasteiger partial charge < -0.3 is 11.1 Å². The van der Waals surface area contributed by atoms with Crippen molar-refractivity contribution < 1.29 is 0 Å². The normalized spacial score (nSPS) is 10.7. The molecule has 0 saturated heterocycles. The molecule has 106 valence electrons. The van der Waals surface area contributed by atoms with Crippen LogP contribution in [-0.2, 0) is 6.42 Å². The zero-order valence-corrected chi connectivity index (χ0v) is 12.9. The molecule has 6 heteroatoms. The van der Waals surface area contributed by atoms with Gasteiger partial charge in [-0.2, -0.15) is 0 Å². The minimum Gasteiger partial charge on any atom is -0.389 e. The smallest absolute Gasteiger partial charge is 0.127 e. The molecule has 0 radical (unpaired) electrons. The standard InChI is InChI=1S/C15H14N4S2/c16-15(20)11-9-13(17-6-5-14-18-7-8-21-14)19-12-4-2-1-3-10(11)12/h1-4,7-9H,5-6H2,(H2,16,20)(H,17,19). The van der Waals surface area contributed by atoms with Gasteiger partial charge in [0.1, 0.15) is 10.8 Å². The first-order chi connectivity index (χ1) is 10.2. The van der Waals surface area contributed by atoms with Gasteiger partial charge >= 0.3 is 0 Å². The Morgan fingerprint density at radius 1 is 1.33 bits per heavy atom. The maximum absolute atomic E-state index is 5.82. The molecule has 0 fully saturated rings. The molecule has 0 aliphatic carbocycles. The van der Waals surface area contributed by atoms with E-state index in [1.54, 1.807) is 11.3 Å². The first kappa shape index (κ1) is 13.9. The average Bonchev–Trinajstić information content (AvgIpc) is 2.99. The molecule has 0 spiro atoms. The number of hydrogen-bond donors (Lipinski definition) is 2. The van der Waals surface area contributed by atoms with Crippen LogP contribution in [0.3, 0.4) is 0 Å². The summed E-state index contributed by atoms with van der Waals surface area (Å²) >= 11 is 6.80. The van der Waals surface area contributed by atoms with E-state index in [2.05, 4.69) is 15.3 Å². The summed E-state index contributed by atoms with van der Waals surface area (Å²) in [7, 11) is 0. The van der Waals surface area contributed by atoms with Crippen LogP contribution in [0, 0.1) is 0 Å². The molecule has 4 nitrogen and oxygen atoms in total. The summed E-state index contributed by atoms with van der Waals surface area (Å²) in [6.07, 6.45) is 2.69. The summed E-state index contributed by atoms with van der Waals surface area (Å²) in [5.74, 6) is 0.785. The molecule has 0 aliphatic rings. The third-order valence-electron chi connectivity index (χ3n) is 3.11. The highest BCUT2D eigenvalue weighted by Crippen LogP contribution is 2.20. The zero-order chi connectivity index (χ0) is 14.7. The lowest BCUT2D eigenvalue weighted by Crippen LogP contribution is -2.12. The number of nitrogens with two attached hydrogens (primary N) is 1. The van der Waals surface area contributed by atoms with Crippen LogP contribution in [-0.4, -0.2) is 21.5 Å². The predicted molar refractivity (Wildman–Crippen MR) is 91.9 cm³/mol. The van der Waals surface area contributed by atoms with Crippen LogP contribution >= 0.6 is 23.6 Å². The molecule has 3 N–H and O–H groups in total. The van der Waals surface area contributed by atoms with E-state index >= 15 is 0 Å². The van der Waals surface area contributed by atoms with Crippen LogP contribution in [0.25, 0.3) is 10.9 Å². The first-order valence-electron chi connectivity index (χ1n) is 6.56. The number of hydrogen-bond acceptors (Lipinski definition) is 5. The van der Waals surface area contributed by atoms with E-state index in [-0.39, 0.29) is 0 Å². The number of pyridine rings is 1. The molecule has 21 heavy (non-hydrogen) atoms. The van der Waals surface area contributed by atoms with Gasteiger partial charge in [0.15, 0.2) is 0 Å². The first-order valence-corrected chi connectivity index (χ1v) is 7.84. The van der Waals surface area contributed by atoms with Gasteiger partial charge in [0.2, 0.25) is 0 Å². The second-order valence-corrected chi connectivity index (χ2v) is 5.96. The molecular formula is C15H14N4S2. The summed E-state index contributed by atoms with van der Waals surface area (Å²) in [6, 6.07) is 9.77. The van der Waals surface area contributed by atoms with Gasteiger partial charge in [0.05, 0.1) is 10.5 Å². The highest BCUT2D eigenvalue weighted by Gasteiger charge is 2.07. The SMILES string of the molecule is NC(=S)c1cc(NCCc2nccs2)nc2ccccc12. The minimum absolute atomic E-state index is 0.386. The molecule has 0 saturated carbocycles. The Balaban J connectivity index is 1.83. The van der Waals surface area contributed by atoms with Crippen molar-refractivity contribution >= 4 is 45.3 Å². The van der Waals surface area contributed by atoms with Crippen LogP contribution in [0.15, 0.2) is 41.9 Å². The maximum atomic E-state index is 5.82. The van der Waals surface area contributed by atoms with Crippen LogP contribution in [0.1, 0.15) is 10.6 Å². The molecule has 3 rings (SSSR count). The number of benzene rings is 1. The van der Waals surface area contributed by atoms with Gasteiger partial charge in [-0.05, 0) is 12.1 Å². The van der Waals surface area contributed by atoms with E-state index in [1.165, 1.54) is 0 Å². The number of aromatic nitrogens is 2.